The van der Waals surface area contributed by atoms with Gasteiger partial charge in [0.25, 0.3) is 5.91 Å². The topological polar surface area (TPSA) is 67.6 Å². The van der Waals surface area contributed by atoms with Crippen molar-refractivity contribution in [3.8, 4) is 5.75 Å². The molecule has 0 spiro atoms. The van der Waals surface area contributed by atoms with Gasteiger partial charge in [0.1, 0.15) is 23.9 Å². The lowest BCUT2D eigenvalue weighted by Crippen LogP contribution is -2.36. The number of likely N-dealkylation sites (tertiary alicyclic amines) is 1. The SMILES string of the molecule is Cc1ccc(C(CNC(=O)c2cc(C)c(OCc3cccnc3)c(C)c2)N2CCCC2)o1. The predicted octanol–water partition coefficient (Wildman–Crippen LogP) is 4.75. The predicted molar refractivity (Wildman–Crippen MR) is 124 cm³/mol. The summed E-state index contributed by atoms with van der Waals surface area (Å²) in [5.74, 6) is 2.54. The van der Waals surface area contributed by atoms with Crippen molar-refractivity contribution in [3.05, 3.63) is 82.6 Å². The van der Waals surface area contributed by atoms with Gasteiger partial charge in [-0.1, -0.05) is 6.07 Å². The molecule has 2 aromatic heterocycles. The molecule has 0 aliphatic carbocycles. The summed E-state index contributed by atoms with van der Waals surface area (Å²) in [6.07, 6.45) is 5.91. The van der Waals surface area contributed by atoms with Crippen LogP contribution in [0.5, 0.6) is 5.75 Å². The fourth-order valence-corrected chi connectivity index (χ4v) is 4.33. The maximum Gasteiger partial charge on any atom is 0.251 e. The van der Waals surface area contributed by atoms with E-state index >= 15 is 0 Å². The molecule has 1 N–H and O–H groups in total. The van der Waals surface area contributed by atoms with E-state index in [0.717, 1.165) is 47.0 Å². The number of furan rings is 1. The number of carbonyl (C=O) groups is 1. The summed E-state index contributed by atoms with van der Waals surface area (Å²) in [5, 5.41) is 3.13. The first-order valence-corrected chi connectivity index (χ1v) is 11.2. The zero-order valence-corrected chi connectivity index (χ0v) is 19.1. The van der Waals surface area contributed by atoms with Gasteiger partial charge in [0.15, 0.2) is 0 Å². The number of amides is 1. The highest BCUT2D eigenvalue weighted by atomic mass is 16.5. The minimum atomic E-state index is -0.0810. The van der Waals surface area contributed by atoms with E-state index in [4.69, 9.17) is 9.15 Å². The van der Waals surface area contributed by atoms with E-state index in [9.17, 15) is 4.79 Å². The molecule has 3 aromatic rings. The van der Waals surface area contributed by atoms with Crippen LogP contribution in [0.3, 0.4) is 0 Å². The fourth-order valence-electron chi connectivity index (χ4n) is 4.33. The summed E-state index contributed by atoms with van der Waals surface area (Å²) in [6, 6.07) is 11.7. The summed E-state index contributed by atoms with van der Waals surface area (Å²) in [4.78, 5) is 19.5. The molecular weight excluding hydrogens is 402 g/mol. The Balaban J connectivity index is 1.43. The Morgan fingerprint density at radius 3 is 2.53 bits per heavy atom. The Labute approximate surface area is 189 Å². The number of benzene rings is 1. The maximum absolute atomic E-state index is 13.0. The third kappa shape index (κ3) is 5.19. The number of nitrogens with one attached hydrogen (secondary N) is 1. The zero-order chi connectivity index (χ0) is 22.5. The number of pyridine rings is 1. The van der Waals surface area contributed by atoms with Gasteiger partial charge in [0.2, 0.25) is 0 Å². The third-order valence-electron chi connectivity index (χ3n) is 5.96. The smallest absolute Gasteiger partial charge is 0.251 e. The van der Waals surface area contributed by atoms with E-state index in [-0.39, 0.29) is 11.9 Å². The number of hydrogen-bond donors (Lipinski definition) is 1. The van der Waals surface area contributed by atoms with E-state index in [0.29, 0.717) is 18.7 Å². The molecule has 1 aliphatic rings. The van der Waals surface area contributed by atoms with E-state index in [1.165, 1.54) is 12.8 Å². The highest BCUT2D eigenvalue weighted by molar-refractivity contribution is 5.95. The standard InChI is InChI=1S/C26H31N3O3/c1-18-13-22(14-19(2)25(18)31-17-21-7-6-10-27-15-21)26(30)28-16-23(29-11-4-5-12-29)24-9-8-20(3)32-24/h6-10,13-15,23H,4-5,11-12,16-17H2,1-3H3,(H,28,30). The summed E-state index contributed by atoms with van der Waals surface area (Å²) in [5.41, 5.74) is 3.53. The van der Waals surface area contributed by atoms with Gasteiger partial charge in [-0.15, -0.1) is 0 Å². The number of aromatic nitrogens is 1. The quantitative estimate of drug-likeness (QED) is 0.555. The molecule has 0 bridgehead atoms. The lowest BCUT2D eigenvalue weighted by atomic mass is 10.0. The highest BCUT2D eigenvalue weighted by Gasteiger charge is 2.26. The molecule has 1 unspecified atom stereocenters. The molecule has 0 saturated carbocycles. The number of hydrogen-bond acceptors (Lipinski definition) is 5. The van der Waals surface area contributed by atoms with Gasteiger partial charge in [-0.05, 0) is 88.2 Å². The Bertz CT molecular complexity index is 1030. The van der Waals surface area contributed by atoms with E-state index in [1.54, 1.807) is 12.4 Å². The first kappa shape index (κ1) is 22.1. The molecule has 6 nitrogen and oxygen atoms in total. The molecule has 4 rings (SSSR count). The Morgan fingerprint density at radius 2 is 1.91 bits per heavy atom. The maximum atomic E-state index is 13.0. The highest BCUT2D eigenvalue weighted by Crippen LogP contribution is 2.28. The van der Waals surface area contributed by atoms with E-state index in [2.05, 4.69) is 15.2 Å². The van der Waals surface area contributed by atoms with Gasteiger partial charge in [0.05, 0.1) is 6.04 Å². The monoisotopic (exact) mass is 433 g/mol. The van der Waals surface area contributed by atoms with Gasteiger partial charge < -0.3 is 14.5 Å². The van der Waals surface area contributed by atoms with E-state index < -0.39 is 0 Å². The molecule has 1 amide bonds. The Morgan fingerprint density at radius 1 is 1.16 bits per heavy atom. The normalized spacial score (nSPS) is 15.0. The summed E-state index contributed by atoms with van der Waals surface area (Å²) >= 11 is 0. The van der Waals surface area contributed by atoms with Crippen molar-refractivity contribution in [3.63, 3.8) is 0 Å². The average molecular weight is 434 g/mol. The van der Waals surface area contributed by atoms with Crippen LogP contribution < -0.4 is 10.1 Å². The van der Waals surface area contributed by atoms with Crippen LogP contribution in [0, 0.1) is 20.8 Å². The second-order valence-electron chi connectivity index (χ2n) is 8.51. The van der Waals surface area contributed by atoms with E-state index in [1.807, 2.05) is 57.2 Å². The van der Waals surface area contributed by atoms with Gasteiger partial charge in [-0.2, -0.15) is 0 Å². The van der Waals surface area contributed by atoms with Crippen LogP contribution in [0.1, 0.15) is 57.5 Å². The lowest BCUT2D eigenvalue weighted by molar-refractivity contribution is 0.0933. The molecule has 1 aliphatic heterocycles. The Kier molecular flexibility index (Phi) is 6.90. The number of nitrogens with zero attached hydrogens (tertiary/aromatic N) is 2. The van der Waals surface area contributed by atoms with Gasteiger partial charge >= 0.3 is 0 Å². The van der Waals surface area contributed by atoms with Gasteiger partial charge in [0, 0.05) is 30.1 Å². The van der Waals surface area contributed by atoms with Gasteiger partial charge in [-0.3, -0.25) is 14.7 Å². The van der Waals surface area contributed by atoms with Crippen LogP contribution in [0.4, 0.5) is 0 Å². The number of carbonyl (C=O) groups excluding carboxylic acids is 1. The van der Waals surface area contributed by atoms with Crippen LogP contribution in [-0.2, 0) is 6.61 Å². The first-order valence-electron chi connectivity index (χ1n) is 11.2. The molecule has 1 atom stereocenters. The first-order chi connectivity index (χ1) is 15.5. The van der Waals surface area contributed by atoms with Crippen LogP contribution >= 0.6 is 0 Å². The van der Waals surface area contributed by atoms with Gasteiger partial charge in [-0.25, -0.2) is 0 Å². The second-order valence-corrected chi connectivity index (χ2v) is 8.51. The molecule has 1 aromatic carbocycles. The van der Waals surface area contributed by atoms with Crippen molar-refractivity contribution in [1.82, 2.24) is 15.2 Å². The van der Waals surface area contributed by atoms with Crippen molar-refractivity contribution in [1.29, 1.82) is 0 Å². The van der Waals surface area contributed by atoms with Crippen LogP contribution in [-0.4, -0.2) is 35.4 Å². The molecular formula is C26H31N3O3. The van der Waals surface area contributed by atoms with Crippen molar-refractivity contribution in [2.45, 2.75) is 46.3 Å². The van der Waals surface area contributed by atoms with Crippen molar-refractivity contribution in [2.24, 2.45) is 0 Å². The third-order valence-corrected chi connectivity index (χ3v) is 5.96. The average Bonchev–Trinajstić information content (AvgIpc) is 3.46. The molecule has 1 fully saturated rings. The summed E-state index contributed by atoms with van der Waals surface area (Å²) in [7, 11) is 0. The molecule has 0 radical (unpaired) electrons. The largest absolute Gasteiger partial charge is 0.488 e. The number of aryl methyl sites for hydroxylation is 3. The minimum Gasteiger partial charge on any atom is -0.488 e. The van der Waals surface area contributed by atoms with Crippen LogP contribution in [0.15, 0.2) is 53.2 Å². The van der Waals surface area contributed by atoms with Crippen molar-refractivity contribution in [2.75, 3.05) is 19.6 Å². The molecule has 1 saturated heterocycles. The lowest BCUT2D eigenvalue weighted by Gasteiger charge is -2.26. The number of rotatable bonds is 8. The minimum absolute atomic E-state index is 0.0550. The molecule has 6 heteroatoms. The Hall–Kier alpha value is -3.12. The number of ether oxygens (including phenoxy) is 1. The fraction of sp³-hybridized carbons (Fsp3) is 0.385. The second kappa shape index (κ2) is 10.0. The van der Waals surface area contributed by atoms with Crippen LogP contribution in [0.25, 0.3) is 0 Å². The molecule has 32 heavy (non-hydrogen) atoms. The molecule has 3 heterocycles. The zero-order valence-electron chi connectivity index (χ0n) is 19.1. The molecule has 168 valence electrons. The summed E-state index contributed by atoms with van der Waals surface area (Å²) < 4.78 is 11.9. The van der Waals surface area contributed by atoms with Crippen molar-refractivity contribution >= 4 is 5.91 Å². The summed E-state index contributed by atoms with van der Waals surface area (Å²) in [6.45, 7) is 8.92. The van der Waals surface area contributed by atoms with Crippen molar-refractivity contribution < 1.29 is 13.9 Å². The van der Waals surface area contributed by atoms with Crippen LogP contribution in [0.2, 0.25) is 0 Å².